The van der Waals surface area contributed by atoms with Gasteiger partial charge in [-0.25, -0.2) is 0 Å². The maximum atomic E-state index is 12.2. The molecule has 1 aliphatic carbocycles. The molecule has 1 aromatic heterocycles. The van der Waals surface area contributed by atoms with Crippen LogP contribution in [0.25, 0.3) is 20.2 Å². The summed E-state index contributed by atoms with van der Waals surface area (Å²) in [6.07, 6.45) is 0. The van der Waals surface area contributed by atoms with Gasteiger partial charge < -0.3 is 5.73 Å². The molecule has 154 valence electrons. The van der Waals surface area contributed by atoms with Crippen LogP contribution in [-0.2, 0) is 0 Å². The second kappa shape index (κ2) is 7.87. The number of nitrogen functional groups attached to an aromatic ring is 1. The Kier molecular flexibility index (Phi) is 4.88. The number of ketones is 2. The lowest BCUT2D eigenvalue weighted by atomic mass is 9.83. The van der Waals surface area contributed by atoms with E-state index in [4.69, 9.17) is 5.73 Å². The summed E-state index contributed by atoms with van der Waals surface area (Å²) in [7, 11) is 0. The number of hydrogen-bond donors (Lipinski definition) is 1. The Morgan fingerprint density at radius 1 is 0.531 bits per heavy atom. The first kappa shape index (κ1) is 19.8. The third-order valence-electron chi connectivity index (χ3n) is 5.47. The van der Waals surface area contributed by atoms with Gasteiger partial charge in [0.1, 0.15) is 0 Å². The van der Waals surface area contributed by atoms with Gasteiger partial charge in [-0.15, -0.1) is 11.3 Å². The van der Waals surface area contributed by atoms with Crippen molar-refractivity contribution in [2.75, 3.05) is 5.73 Å². The molecule has 1 aliphatic rings. The van der Waals surface area contributed by atoms with Crippen molar-refractivity contribution >= 4 is 48.8 Å². The number of anilines is 1. The van der Waals surface area contributed by atoms with Crippen LogP contribution in [0.2, 0.25) is 0 Å². The van der Waals surface area contributed by atoms with Crippen LogP contribution in [0.4, 0.5) is 5.69 Å². The zero-order valence-electron chi connectivity index (χ0n) is 16.9. The van der Waals surface area contributed by atoms with Crippen molar-refractivity contribution in [1.29, 1.82) is 0 Å². The lowest BCUT2D eigenvalue weighted by Crippen LogP contribution is -2.22. The molecule has 0 spiro atoms. The molecule has 6 rings (SSSR count). The van der Waals surface area contributed by atoms with Crippen LogP contribution in [-0.4, -0.2) is 11.6 Å². The van der Waals surface area contributed by atoms with E-state index in [9.17, 15) is 14.4 Å². The Hall–Kier alpha value is -4.09. The number of carbonyl (C=O) groups is 2. The van der Waals surface area contributed by atoms with Crippen molar-refractivity contribution < 1.29 is 9.59 Å². The maximum absolute atomic E-state index is 12.2. The van der Waals surface area contributed by atoms with Gasteiger partial charge in [0.05, 0.1) is 5.56 Å². The van der Waals surface area contributed by atoms with E-state index in [2.05, 4.69) is 0 Å². The summed E-state index contributed by atoms with van der Waals surface area (Å²) in [6, 6.07) is 27.3. The lowest BCUT2D eigenvalue weighted by molar-refractivity contribution is 0.0979. The molecule has 4 aromatic carbocycles. The average Bonchev–Trinajstić information content (AvgIpc) is 2.83. The zero-order chi connectivity index (χ0) is 22.2. The number of fused-ring (bicyclic) bond motifs is 4. The standard InChI is InChI=1S/C14H9NO2.C13H8OS/c15-11-7-3-6-10-12(11)14(17)9-5-2-1-4-8(9)13(10)16;14-13-9-5-1-3-7-11(9)15-12-8-4-2-6-10(12)13/h1-7H,15H2;1-8H. The normalized spacial score (nSPS) is 12.1. The predicted octanol–water partition coefficient (Wildman–Crippen LogP) is 5.46. The largest absolute Gasteiger partial charge is 0.398 e. The summed E-state index contributed by atoms with van der Waals surface area (Å²) in [5.41, 5.74) is 7.89. The fourth-order valence-electron chi connectivity index (χ4n) is 3.92. The number of benzene rings is 4. The summed E-state index contributed by atoms with van der Waals surface area (Å²) >= 11 is 1.67. The van der Waals surface area contributed by atoms with Gasteiger partial charge in [0.25, 0.3) is 0 Å². The van der Waals surface area contributed by atoms with Gasteiger partial charge >= 0.3 is 0 Å². The molecule has 0 unspecified atom stereocenters. The maximum Gasteiger partial charge on any atom is 0.196 e. The number of hydrogen-bond acceptors (Lipinski definition) is 5. The highest BCUT2D eigenvalue weighted by atomic mass is 32.1. The first-order valence-corrected chi connectivity index (χ1v) is 10.9. The van der Waals surface area contributed by atoms with Gasteiger partial charge in [0, 0.05) is 42.6 Å². The van der Waals surface area contributed by atoms with Crippen molar-refractivity contribution in [3.63, 3.8) is 0 Å². The summed E-state index contributed by atoms with van der Waals surface area (Å²) in [5.74, 6) is -0.309. The molecule has 0 fully saturated rings. The van der Waals surface area contributed by atoms with Gasteiger partial charge in [0.15, 0.2) is 17.0 Å². The predicted molar refractivity (Wildman–Crippen MR) is 130 cm³/mol. The molecule has 5 aromatic rings. The van der Waals surface area contributed by atoms with E-state index in [1.54, 1.807) is 53.8 Å². The highest BCUT2D eigenvalue weighted by Gasteiger charge is 2.30. The van der Waals surface area contributed by atoms with Crippen molar-refractivity contribution in [2.24, 2.45) is 0 Å². The van der Waals surface area contributed by atoms with Gasteiger partial charge in [-0.3, -0.25) is 14.4 Å². The Morgan fingerprint density at radius 2 is 1.03 bits per heavy atom. The molecule has 0 atom stereocenters. The Morgan fingerprint density at radius 3 is 1.66 bits per heavy atom. The van der Waals surface area contributed by atoms with Crippen LogP contribution in [0.5, 0.6) is 0 Å². The van der Waals surface area contributed by atoms with Crippen LogP contribution in [0, 0.1) is 0 Å². The van der Waals surface area contributed by atoms with E-state index in [1.165, 1.54) is 0 Å². The monoisotopic (exact) mass is 435 g/mol. The quantitative estimate of drug-likeness (QED) is 0.254. The molecule has 0 bridgehead atoms. The Balaban J connectivity index is 0.000000136. The first-order valence-electron chi connectivity index (χ1n) is 10.0. The van der Waals surface area contributed by atoms with E-state index >= 15 is 0 Å². The van der Waals surface area contributed by atoms with Gasteiger partial charge in [-0.1, -0.05) is 60.7 Å². The molecule has 0 aliphatic heterocycles. The summed E-state index contributed by atoms with van der Waals surface area (Å²) < 4.78 is 2.11. The van der Waals surface area contributed by atoms with E-state index < -0.39 is 0 Å². The topological polar surface area (TPSA) is 77.2 Å². The number of carbonyl (C=O) groups excluding carboxylic acids is 2. The second-order valence-electron chi connectivity index (χ2n) is 7.40. The van der Waals surface area contributed by atoms with Gasteiger partial charge in [-0.05, 0) is 30.3 Å². The van der Waals surface area contributed by atoms with Gasteiger partial charge in [-0.2, -0.15) is 0 Å². The SMILES string of the molecule is Nc1cccc2c1C(=O)c1ccccc1C2=O.O=c1c2ccccc2sc2ccccc12. The van der Waals surface area contributed by atoms with Crippen LogP contribution < -0.4 is 11.2 Å². The lowest BCUT2D eigenvalue weighted by Gasteiger charge is -2.18. The highest BCUT2D eigenvalue weighted by Crippen LogP contribution is 2.30. The van der Waals surface area contributed by atoms with E-state index in [0.29, 0.717) is 27.9 Å². The fourth-order valence-corrected chi connectivity index (χ4v) is 4.99. The van der Waals surface area contributed by atoms with Crippen LogP contribution >= 0.6 is 11.3 Å². The van der Waals surface area contributed by atoms with Crippen LogP contribution in [0.15, 0.2) is 95.8 Å². The van der Waals surface area contributed by atoms with Crippen LogP contribution in [0.3, 0.4) is 0 Å². The third kappa shape index (κ3) is 3.20. The Labute approximate surface area is 187 Å². The average molecular weight is 436 g/mol. The molecular weight excluding hydrogens is 418 g/mol. The minimum absolute atomic E-state index is 0.137. The molecule has 0 radical (unpaired) electrons. The van der Waals surface area contributed by atoms with Crippen molar-refractivity contribution in [2.45, 2.75) is 0 Å². The Bertz CT molecular complexity index is 1540. The molecule has 5 heteroatoms. The summed E-state index contributed by atoms with van der Waals surface area (Å²) in [5, 5.41) is 1.64. The van der Waals surface area contributed by atoms with E-state index in [0.717, 1.165) is 20.2 Å². The minimum Gasteiger partial charge on any atom is -0.398 e. The molecule has 32 heavy (non-hydrogen) atoms. The van der Waals surface area contributed by atoms with Crippen molar-refractivity contribution in [3.8, 4) is 0 Å². The molecule has 4 nitrogen and oxygen atoms in total. The zero-order valence-corrected chi connectivity index (χ0v) is 17.7. The second-order valence-corrected chi connectivity index (χ2v) is 8.48. The number of nitrogens with two attached hydrogens (primary N) is 1. The molecule has 0 saturated heterocycles. The minimum atomic E-state index is -0.173. The third-order valence-corrected chi connectivity index (χ3v) is 6.62. The van der Waals surface area contributed by atoms with E-state index in [1.807, 2.05) is 48.5 Å². The summed E-state index contributed by atoms with van der Waals surface area (Å²) in [4.78, 5) is 36.5. The van der Waals surface area contributed by atoms with Crippen molar-refractivity contribution in [1.82, 2.24) is 0 Å². The smallest absolute Gasteiger partial charge is 0.196 e. The van der Waals surface area contributed by atoms with Crippen LogP contribution in [0.1, 0.15) is 31.8 Å². The van der Waals surface area contributed by atoms with E-state index in [-0.39, 0.29) is 17.0 Å². The molecule has 0 saturated carbocycles. The first-order chi connectivity index (χ1) is 15.6. The van der Waals surface area contributed by atoms with Crippen molar-refractivity contribution in [3.05, 3.63) is 123 Å². The molecule has 2 N–H and O–H groups in total. The molecular formula is C27H17NO3S. The fraction of sp³-hybridized carbons (Fsp3) is 0. The van der Waals surface area contributed by atoms with Gasteiger partial charge in [0.2, 0.25) is 0 Å². The molecule has 0 amide bonds. The summed E-state index contributed by atoms with van der Waals surface area (Å²) in [6.45, 7) is 0. The number of rotatable bonds is 0. The molecule has 1 heterocycles. The highest BCUT2D eigenvalue weighted by molar-refractivity contribution is 7.24.